The molecule has 0 spiro atoms. The summed E-state index contributed by atoms with van der Waals surface area (Å²) < 4.78 is 0. The van der Waals surface area contributed by atoms with Crippen molar-refractivity contribution in [3.63, 3.8) is 0 Å². The number of halogens is 1. The van der Waals surface area contributed by atoms with Crippen LogP contribution in [0.5, 0.6) is 5.75 Å². The molecule has 0 saturated heterocycles. The van der Waals surface area contributed by atoms with Gasteiger partial charge in [-0.3, -0.25) is 33.7 Å². The highest BCUT2D eigenvalue weighted by Gasteiger charge is 2.69. The number of phenols is 1. The molecule has 3 aliphatic rings. The summed E-state index contributed by atoms with van der Waals surface area (Å²) in [5.74, 6) is -11.5. The third kappa shape index (κ3) is 3.04. The number of nitrogens with zero attached hydrogens (tertiary/aromatic N) is 1. The van der Waals surface area contributed by atoms with Crippen molar-refractivity contribution in [2.75, 3.05) is 19.4 Å². The number of Topliss-reactive ketones (excluding diaryl/α,β-unsaturated/α-hetero) is 4. The van der Waals surface area contributed by atoms with Crippen molar-refractivity contribution in [2.24, 2.45) is 29.4 Å². The van der Waals surface area contributed by atoms with E-state index in [1.807, 2.05) is 0 Å². The lowest BCUT2D eigenvalue weighted by Crippen LogP contribution is -2.74. The summed E-state index contributed by atoms with van der Waals surface area (Å²) in [6.45, 7) is 0. The molecular weight excluding hydrogens is 470 g/mol. The van der Waals surface area contributed by atoms with Crippen LogP contribution in [0.15, 0.2) is 6.07 Å². The summed E-state index contributed by atoms with van der Waals surface area (Å²) in [4.78, 5) is 77.4. The van der Waals surface area contributed by atoms with Crippen LogP contribution in [0.25, 0.3) is 0 Å². The summed E-state index contributed by atoms with van der Waals surface area (Å²) in [6.07, 6.45) is 0.280. The number of aromatic hydroxyl groups is 1. The molecule has 6 atom stereocenters. The van der Waals surface area contributed by atoms with Gasteiger partial charge in [-0.15, -0.1) is 0 Å². The van der Waals surface area contributed by atoms with E-state index in [1.165, 1.54) is 25.1 Å². The van der Waals surface area contributed by atoms with Crippen LogP contribution in [0.1, 0.15) is 22.3 Å². The van der Waals surface area contributed by atoms with E-state index < -0.39 is 70.1 Å². The van der Waals surface area contributed by atoms with Gasteiger partial charge >= 0.3 is 0 Å². The maximum Gasteiger partial charge on any atom is 0.235 e. The Bertz CT molecular complexity index is 1180. The highest BCUT2D eigenvalue weighted by molar-refractivity contribution is 6.35. The van der Waals surface area contributed by atoms with Crippen LogP contribution in [-0.2, 0) is 30.4 Å². The zero-order valence-electron chi connectivity index (χ0n) is 18.2. The molecule has 6 unspecified atom stereocenters. The molecule has 5 N–H and O–H groups in total. The number of ketones is 4. The number of phenolic OH excluding ortho intramolecular Hbond substituents is 1. The topological polar surface area (TPSA) is 184 Å². The van der Waals surface area contributed by atoms with Gasteiger partial charge in [-0.2, -0.15) is 0 Å². The Kier molecular flexibility index (Phi) is 5.62. The molecule has 0 aliphatic heterocycles. The smallest absolute Gasteiger partial charge is 0.235 e. The molecule has 1 aromatic carbocycles. The van der Waals surface area contributed by atoms with Crippen molar-refractivity contribution in [3.05, 3.63) is 22.2 Å². The zero-order valence-corrected chi connectivity index (χ0v) is 19.0. The molecule has 11 nitrogen and oxygen atoms in total. The molecule has 1 aromatic rings. The van der Waals surface area contributed by atoms with Crippen molar-refractivity contribution in [2.45, 2.75) is 24.5 Å². The summed E-state index contributed by atoms with van der Waals surface area (Å²) >= 11 is 6.14. The average molecular weight is 492 g/mol. The van der Waals surface area contributed by atoms with Crippen LogP contribution in [0.4, 0.5) is 5.69 Å². The predicted molar refractivity (Wildman–Crippen MR) is 116 cm³/mol. The second-order valence-electron chi connectivity index (χ2n) is 9.17. The number of carbonyl (C=O) groups excluding carboxylic acids is 6. The van der Waals surface area contributed by atoms with Gasteiger partial charge in [0.05, 0.1) is 22.5 Å². The number of amides is 2. The highest BCUT2D eigenvalue weighted by atomic mass is 35.5. The molecule has 0 aromatic heterocycles. The predicted octanol–water partition coefficient (Wildman–Crippen LogP) is -0.911. The van der Waals surface area contributed by atoms with Crippen LogP contribution >= 0.6 is 11.6 Å². The van der Waals surface area contributed by atoms with Crippen molar-refractivity contribution in [1.29, 1.82) is 0 Å². The Balaban J connectivity index is 1.87. The molecular formula is C22H22ClN3O8. The second-order valence-corrected chi connectivity index (χ2v) is 9.57. The monoisotopic (exact) mass is 491 g/mol. The molecule has 180 valence electrons. The van der Waals surface area contributed by atoms with E-state index in [1.54, 1.807) is 0 Å². The van der Waals surface area contributed by atoms with Crippen LogP contribution in [0.3, 0.4) is 0 Å². The van der Waals surface area contributed by atoms with E-state index >= 15 is 0 Å². The fourth-order valence-corrected chi connectivity index (χ4v) is 6.10. The minimum Gasteiger partial charge on any atom is -0.505 e. The van der Waals surface area contributed by atoms with Crippen molar-refractivity contribution < 1.29 is 39.0 Å². The van der Waals surface area contributed by atoms with Gasteiger partial charge in [-0.25, -0.2) is 0 Å². The summed E-state index contributed by atoms with van der Waals surface area (Å²) in [5.41, 5.74) is 2.34. The van der Waals surface area contributed by atoms with E-state index in [-0.39, 0.29) is 35.5 Å². The number of carbonyl (C=O) groups is 6. The van der Waals surface area contributed by atoms with E-state index in [9.17, 15) is 39.0 Å². The van der Waals surface area contributed by atoms with Gasteiger partial charge < -0.3 is 21.3 Å². The number of rotatable bonds is 4. The van der Waals surface area contributed by atoms with Gasteiger partial charge in [0.2, 0.25) is 12.3 Å². The second kappa shape index (κ2) is 7.97. The summed E-state index contributed by atoms with van der Waals surface area (Å²) in [5, 5.41) is 24.3. The quantitative estimate of drug-likeness (QED) is 0.235. The van der Waals surface area contributed by atoms with Gasteiger partial charge in [-0.05, 0) is 44.5 Å². The molecule has 0 bridgehead atoms. The van der Waals surface area contributed by atoms with Crippen molar-refractivity contribution in [1.82, 2.24) is 4.90 Å². The fraction of sp³-hybridized carbons (Fsp3) is 0.455. The number of anilines is 1. The number of fused-ring (bicyclic) bond motifs is 3. The average Bonchev–Trinajstić information content (AvgIpc) is 2.73. The first-order chi connectivity index (χ1) is 15.9. The van der Waals surface area contributed by atoms with Crippen LogP contribution in [0, 0.1) is 23.7 Å². The fourth-order valence-electron chi connectivity index (χ4n) is 5.82. The largest absolute Gasteiger partial charge is 0.505 e. The SMILES string of the molecule is CN(C)C1C(=O)C(C(N)=O)C(=O)C2(O)C(=O)C3C(=O)c4c(cc(Cl)c(NC=O)c4O)CC3CC12. The minimum atomic E-state index is -2.79. The van der Waals surface area contributed by atoms with Crippen LogP contribution in [0.2, 0.25) is 5.02 Å². The highest BCUT2D eigenvalue weighted by Crippen LogP contribution is 2.52. The third-order valence-corrected chi connectivity index (χ3v) is 7.51. The molecule has 12 heteroatoms. The Hall–Kier alpha value is -3.15. The van der Waals surface area contributed by atoms with E-state index in [0.717, 1.165) is 0 Å². The molecule has 4 rings (SSSR count). The lowest BCUT2D eigenvalue weighted by atomic mass is 9.52. The molecule has 3 aliphatic carbocycles. The molecule has 2 saturated carbocycles. The van der Waals surface area contributed by atoms with Crippen molar-refractivity contribution in [3.8, 4) is 5.75 Å². The first kappa shape index (κ1) is 24.0. The maximum atomic E-state index is 13.6. The zero-order chi connectivity index (χ0) is 25.3. The number of primary amides is 1. The van der Waals surface area contributed by atoms with E-state index in [2.05, 4.69) is 5.32 Å². The maximum absolute atomic E-state index is 13.6. The number of nitrogens with one attached hydrogen (secondary N) is 1. The van der Waals surface area contributed by atoms with Crippen molar-refractivity contribution >= 4 is 52.7 Å². The summed E-state index contributed by atoms with van der Waals surface area (Å²) in [7, 11) is 3.02. The normalized spacial score (nSPS) is 32.7. The Morgan fingerprint density at radius 3 is 2.47 bits per heavy atom. The number of nitrogens with two attached hydrogens (primary N) is 1. The van der Waals surface area contributed by atoms with Gasteiger partial charge in [-0.1, -0.05) is 11.6 Å². The third-order valence-electron chi connectivity index (χ3n) is 7.21. The van der Waals surface area contributed by atoms with E-state index in [0.29, 0.717) is 5.56 Å². The van der Waals surface area contributed by atoms with Crippen LogP contribution in [-0.4, -0.2) is 76.3 Å². The Labute approximate surface area is 198 Å². The van der Waals surface area contributed by atoms with E-state index in [4.69, 9.17) is 17.3 Å². The van der Waals surface area contributed by atoms with Gasteiger partial charge in [0, 0.05) is 5.92 Å². The van der Waals surface area contributed by atoms with Gasteiger partial charge in [0.1, 0.15) is 5.69 Å². The Morgan fingerprint density at radius 2 is 1.91 bits per heavy atom. The standard InChI is InChI=1S/C22H22ClN3O8/c1-26(2)15-9-4-7-3-8-5-10(23)14(25-6-27)17(29)11(8)16(28)12(7)19(31)22(9,34)20(32)13(18(15)30)21(24)33/h5-7,9,12-13,15,29,34H,3-4H2,1-2H3,(H2,24,33)(H,25,27). The molecule has 2 amide bonds. The first-order valence-electron chi connectivity index (χ1n) is 10.5. The molecule has 0 radical (unpaired) electrons. The lowest BCUT2D eigenvalue weighted by Gasteiger charge is -2.52. The molecule has 34 heavy (non-hydrogen) atoms. The first-order valence-corrected chi connectivity index (χ1v) is 10.8. The number of hydrogen-bond donors (Lipinski definition) is 4. The van der Waals surface area contributed by atoms with Gasteiger partial charge in [0.15, 0.2) is 40.4 Å². The van der Waals surface area contributed by atoms with Crippen LogP contribution < -0.4 is 11.1 Å². The number of likely N-dealkylation sites (N-methyl/N-ethyl adjacent to an activating group) is 1. The Morgan fingerprint density at radius 1 is 1.26 bits per heavy atom. The minimum absolute atomic E-state index is 0.0215. The van der Waals surface area contributed by atoms with Gasteiger partial charge in [0.25, 0.3) is 0 Å². The summed E-state index contributed by atoms with van der Waals surface area (Å²) in [6, 6.07) is 0.226. The lowest BCUT2D eigenvalue weighted by molar-refractivity contribution is -0.181. The number of aliphatic hydroxyl groups is 1. The number of hydrogen-bond acceptors (Lipinski definition) is 9. The molecule has 0 heterocycles. The number of benzene rings is 1. The molecule has 2 fully saturated rings.